The molecular formula is C26H36N6O2S. The molecule has 1 aromatic carbocycles. The molecule has 2 heterocycles. The molecule has 5 rings (SSSR count). The smallest absolute Gasteiger partial charge is 0.278 e. The molecule has 1 aromatic heterocycles. The zero-order valence-electron chi connectivity index (χ0n) is 20.9. The summed E-state index contributed by atoms with van der Waals surface area (Å²) in [6.07, 6.45) is 8.33. The van der Waals surface area contributed by atoms with E-state index in [2.05, 4.69) is 46.0 Å². The number of nitrogens with one attached hydrogen (secondary N) is 3. The maximum atomic E-state index is 13.4. The highest BCUT2D eigenvalue weighted by molar-refractivity contribution is 7.97. The Kier molecular flexibility index (Phi) is 6.44. The zero-order chi connectivity index (χ0) is 24.7. The topological polar surface area (TPSA) is 102 Å². The molecule has 188 valence electrons. The average Bonchev–Trinajstić information content (AvgIpc) is 3.76. The van der Waals surface area contributed by atoms with Gasteiger partial charge in [0.05, 0.1) is 18.3 Å². The molecule has 9 heteroatoms. The summed E-state index contributed by atoms with van der Waals surface area (Å²) in [5.41, 5.74) is 1.26. The minimum absolute atomic E-state index is 0.0211. The van der Waals surface area contributed by atoms with Crippen LogP contribution in [0.15, 0.2) is 35.4 Å². The molecule has 0 unspecified atom stereocenters. The van der Waals surface area contributed by atoms with Crippen molar-refractivity contribution in [1.82, 2.24) is 14.7 Å². The lowest BCUT2D eigenvalue weighted by atomic mass is 9.93. The van der Waals surface area contributed by atoms with E-state index in [-0.39, 0.29) is 23.6 Å². The lowest BCUT2D eigenvalue weighted by Gasteiger charge is -2.33. The Morgan fingerprint density at radius 1 is 1.14 bits per heavy atom. The van der Waals surface area contributed by atoms with Gasteiger partial charge >= 0.3 is 0 Å². The highest BCUT2D eigenvalue weighted by atomic mass is 32.2. The van der Waals surface area contributed by atoms with Gasteiger partial charge in [0.2, 0.25) is 0 Å². The predicted molar refractivity (Wildman–Crippen MR) is 141 cm³/mol. The third kappa shape index (κ3) is 5.90. The van der Waals surface area contributed by atoms with Gasteiger partial charge < -0.3 is 20.6 Å². The van der Waals surface area contributed by atoms with E-state index in [1.807, 2.05) is 24.3 Å². The van der Waals surface area contributed by atoms with Crippen molar-refractivity contribution in [3.05, 3.63) is 36.2 Å². The Balaban J connectivity index is 1.35. The first-order valence-corrected chi connectivity index (χ1v) is 13.4. The zero-order valence-corrected chi connectivity index (χ0v) is 21.7. The summed E-state index contributed by atoms with van der Waals surface area (Å²) >= 11 is 1.55. The highest BCUT2D eigenvalue weighted by Crippen LogP contribution is 2.54. The van der Waals surface area contributed by atoms with Crippen LogP contribution < -0.4 is 20.3 Å². The van der Waals surface area contributed by atoms with E-state index in [1.165, 1.54) is 12.8 Å². The van der Waals surface area contributed by atoms with Crippen LogP contribution in [0.4, 0.5) is 17.3 Å². The van der Waals surface area contributed by atoms with E-state index in [4.69, 9.17) is 4.98 Å². The fraction of sp³-hybridized carbons (Fsp3) is 0.577. The fourth-order valence-corrected chi connectivity index (χ4v) is 5.23. The van der Waals surface area contributed by atoms with Crippen molar-refractivity contribution in [2.45, 2.75) is 75.3 Å². The van der Waals surface area contributed by atoms with E-state index < -0.39 is 0 Å². The van der Waals surface area contributed by atoms with E-state index in [9.17, 15) is 9.90 Å². The van der Waals surface area contributed by atoms with Crippen LogP contribution >= 0.6 is 11.9 Å². The Hall–Kier alpha value is -2.36. The average molecular weight is 497 g/mol. The monoisotopic (exact) mass is 496 g/mol. The van der Waals surface area contributed by atoms with Gasteiger partial charge in [0.1, 0.15) is 5.82 Å². The van der Waals surface area contributed by atoms with Crippen LogP contribution in [0.1, 0.15) is 69.8 Å². The number of hydrogen-bond donors (Lipinski definition) is 4. The number of aromatic nitrogens is 2. The Labute approximate surface area is 211 Å². The highest BCUT2D eigenvalue weighted by Gasteiger charge is 2.45. The molecule has 3 fully saturated rings. The molecule has 2 saturated carbocycles. The molecule has 8 nitrogen and oxygen atoms in total. The third-order valence-electron chi connectivity index (χ3n) is 7.17. The van der Waals surface area contributed by atoms with Gasteiger partial charge in [-0.25, -0.2) is 9.97 Å². The lowest BCUT2D eigenvalue weighted by Crippen LogP contribution is -2.37. The van der Waals surface area contributed by atoms with Gasteiger partial charge in [-0.3, -0.25) is 9.52 Å². The van der Waals surface area contributed by atoms with Crippen LogP contribution in [0.3, 0.4) is 0 Å². The van der Waals surface area contributed by atoms with Crippen LogP contribution in [0.2, 0.25) is 0 Å². The van der Waals surface area contributed by atoms with Crippen LogP contribution in [-0.2, 0) is 0 Å². The van der Waals surface area contributed by atoms with Gasteiger partial charge in [0.25, 0.3) is 5.91 Å². The van der Waals surface area contributed by atoms with Gasteiger partial charge in [-0.15, -0.1) is 0 Å². The second-order valence-electron chi connectivity index (χ2n) is 11.4. The Morgan fingerprint density at radius 3 is 2.51 bits per heavy atom. The quantitative estimate of drug-likeness (QED) is 0.398. The van der Waals surface area contributed by atoms with Gasteiger partial charge in [-0.1, -0.05) is 6.07 Å². The van der Waals surface area contributed by atoms with E-state index in [0.29, 0.717) is 22.7 Å². The number of piperidine rings is 1. The number of aliphatic hydroxyl groups is 1. The minimum Gasteiger partial charge on any atom is -0.394 e. The summed E-state index contributed by atoms with van der Waals surface area (Å²) in [6, 6.07) is 7.80. The van der Waals surface area contributed by atoms with Gasteiger partial charge in [-0.2, -0.15) is 0 Å². The summed E-state index contributed by atoms with van der Waals surface area (Å²) in [6.45, 7) is 8.17. The molecule has 3 aliphatic rings. The van der Waals surface area contributed by atoms with E-state index in [1.54, 1.807) is 18.1 Å². The first-order valence-electron chi connectivity index (χ1n) is 12.5. The first-order chi connectivity index (χ1) is 16.7. The summed E-state index contributed by atoms with van der Waals surface area (Å²) in [5, 5.41) is 16.1. The van der Waals surface area contributed by atoms with Crippen molar-refractivity contribution in [2.75, 3.05) is 35.2 Å². The normalized spacial score (nSPS) is 19.9. The van der Waals surface area contributed by atoms with E-state index >= 15 is 0 Å². The molecule has 35 heavy (non-hydrogen) atoms. The number of benzene rings is 1. The Morgan fingerprint density at radius 2 is 1.89 bits per heavy atom. The second kappa shape index (κ2) is 9.26. The molecule has 0 radical (unpaired) electrons. The molecular weight excluding hydrogens is 460 g/mol. The maximum absolute atomic E-state index is 13.4. The number of amides is 1. The first kappa shape index (κ1) is 24.3. The van der Waals surface area contributed by atoms with Crippen molar-refractivity contribution in [3.8, 4) is 0 Å². The largest absolute Gasteiger partial charge is 0.394 e. The summed E-state index contributed by atoms with van der Waals surface area (Å²) in [7, 11) is 0. The number of anilines is 3. The number of hydrogen-bond acceptors (Lipinski definition) is 8. The van der Waals surface area contributed by atoms with Crippen LogP contribution in [0.25, 0.3) is 0 Å². The predicted octanol–water partition coefficient (Wildman–Crippen LogP) is 4.44. The third-order valence-corrected chi connectivity index (χ3v) is 8.37. The van der Waals surface area contributed by atoms with Crippen molar-refractivity contribution in [2.24, 2.45) is 5.41 Å². The molecule has 4 N–H and O–H groups in total. The SMILES string of the molecule is CC(C)(C)NSc1cccc(NC(=O)c2ncc(NC3(CO)CC3)nc2N2CCC3(CC2)CC3)c1. The molecule has 0 bridgehead atoms. The fourth-order valence-electron chi connectivity index (χ4n) is 4.47. The number of aliphatic hydroxyl groups excluding tert-OH is 1. The van der Waals surface area contributed by atoms with Crippen LogP contribution in [0.5, 0.6) is 0 Å². The van der Waals surface area contributed by atoms with E-state index in [0.717, 1.165) is 49.4 Å². The number of carbonyl (C=O) groups excluding carboxylic acids is 1. The number of carbonyl (C=O) groups is 1. The second-order valence-corrected chi connectivity index (χ2v) is 12.3. The van der Waals surface area contributed by atoms with Gasteiger partial charge in [0.15, 0.2) is 11.5 Å². The lowest BCUT2D eigenvalue weighted by molar-refractivity contribution is 0.102. The molecule has 0 atom stereocenters. The van der Waals surface area contributed by atoms with Crippen molar-refractivity contribution in [3.63, 3.8) is 0 Å². The number of rotatable bonds is 8. The molecule has 2 aromatic rings. The molecule has 2 aliphatic carbocycles. The van der Waals surface area contributed by atoms with Crippen LogP contribution in [-0.4, -0.2) is 51.8 Å². The number of nitrogens with zero attached hydrogens (tertiary/aromatic N) is 3. The van der Waals surface area contributed by atoms with Crippen molar-refractivity contribution >= 4 is 35.2 Å². The van der Waals surface area contributed by atoms with Gasteiger partial charge in [0, 0.05) is 29.2 Å². The van der Waals surface area contributed by atoms with Crippen molar-refractivity contribution < 1.29 is 9.90 Å². The molecule has 1 saturated heterocycles. The minimum atomic E-state index is -0.297. The Bertz CT molecular complexity index is 1080. The molecule has 1 spiro atoms. The standard InChI is InChI=1S/C26H36N6O2S/c1-24(2,3)31-35-19-6-4-5-18(15-19)28-23(34)21-22(32-13-11-25(7-8-25)12-14-32)29-20(16-27-21)30-26(17-33)9-10-26/h4-6,15-16,31,33H,7-14,17H2,1-3H3,(H,28,34)(H,29,30). The summed E-state index contributed by atoms with van der Waals surface area (Å²) < 4.78 is 3.40. The summed E-state index contributed by atoms with van der Waals surface area (Å²) in [4.78, 5) is 26.0. The van der Waals surface area contributed by atoms with Gasteiger partial charge in [-0.05, 0) is 94.9 Å². The molecule has 1 aliphatic heterocycles. The summed E-state index contributed by atoms with van der Waals surface area (Å²) in [5.74, 6) is 0.970. The van der Waals surface area contributed by atoms with Crippen LogP contribution in [0, 0.1) is 5.41 Å². The molecule has 1 amide bonds. The maximum Gasteiger partial charge on any atom is 0.278 e. The van der Waals surface area contributed by atoms with Crippen molar-refractivity contribution in [1.29, 1.82) is 0 Å².